The van der Waals surface area contributed by atoms with E-state index in [1.165, 1.54) is 22.5 Å². The lowest BCUT2D eigenvalue weighted by molar-refractivity contribution is -0.136. The van der Waals surface area contributed by atoms with Gasteiger partial charge in [0.25, 0.3) is 5.91 Å². The fourth-order valence-corrected chi connectivity index (χ4v) is 5.21. The molecule has 148 valence electrons. The number of thiophene rings is 1. The van der Waals surface area contributed by atoms with Gasteiger partial charge in [-0.1, -0.05) is 6.92 Å². The predicted octanol–water partition coefficient (Wildman–Crippen LogP) is 3.94. The van der Waals surface area contributed by atoms with Gasteiger partial charge < -0.3 is 14.4 Å². The number of nitrogens with zero attached hydrogens (tertiary/aromatic N) is 1. The third kappa shape index (κ3) is 3.78. The maximum Gasteiger partial charge on any atom is 0.348 e. The Labute approximate surface area is 169 Å². The van der Waals surface area contributed by atoms with E-state index in [4.69, 9.17) is 9.47 Å². The molecule has 2 aliphatic rings. The first-order valence-corrected chi connectivity index (χ1v) is 10.6. The van der Waals surface area contributed by atoms with E-state index in [1.54, 1.807) is 7.11 Å². The van der Waals surface area contributed by atoms with Crippen molar-refractivity contribution >= 4 is 23.2 Å². The molecule has 1 amide bonds. The molecule has 1 aliphatic carbocycles. The topological polar surface area (TPSA) is 55.8 Å². The molecule has 1 fully saturated rings. The molecular formula is C22H25NO4S. The van der Waals surface area contributed by atoms with Crippen molar-refractivity contribution in [3.63, 3.8) is 0 Å². The first-order valence-electron chi connectivity index (χ1n) is 9.80. The van der Waals surface area contributed by atoms with Gasteiger partial charge in [-0.15, -0.1) is 11.3 Å². The molecule has 28 heavy (non-hydrogen) atoms. The summed E-state index contributed by atoms with van der Waals surface area (Å²) in [6.07, 6.45) is 3.99. The minimum atomic E-state index is -0.409. The van der Waals surface area contributed by atoms with Crippen LogP contribution in [-0.2, 0) is 22.4 Å². The smallest absolute Gasteiger partial charge is 0.348 e. The number of ether oxygens (including phenoxy) is 2. The Hall–Kier alpha value is -2.34. The summed E-state index contributed by atoms with van der Waals surface area (Å²) in [5, 5.41) is 0. The van der Waals surface area contributed by atoms with Gasteiger partial charge in [-0.05, 0) is 72.6 Å². The Balaban J connectivity index is 1.43. The van der Waals surface area contributed by atoms with Crippen molar-refractivity contribution in [2.75, 3.05) is 26.8 Å². The van der Waals surface area contributed by atoms with Gasteiger partial charge in [0.05, 0.1) is 7.11 Å². The summed E-state index contributed by atoms with van der Waals surface area (Å²) < 4.78 is 10.7. The van der Waals surface area contributed by atoms with Crippen LogP contribution in [0.2, 0.25) is 0 Å². The second kappa shape index (κ2) is 7.95. The molecule has 0 bridgehead atoms. The summed E-state index contributed by atoms with van der Waals surface area (Å²) in [6.45, 7) is 3.48. The Morgan fingerprint density at radius 3 is 2.82 bits per heavy atom. The first-order chi connectivity index (χ1) is 13.5. The third-order valence-corrected chi connectivity index (χ3v) is 6.76. The summed E-state index contributed by atoms with van der Waals surface area (Å²) in [6, 6.07) is 7.99. The SMILES string of the molecule is COc1ccc2c(c1)CCc1cc(C(=O)OCC(=O)N3CCC[C@H](C)C3)sc1-2. The van der Waals surface area contributed by atoms with Crippen LogP contribution < -0.4 is 4.74 Å². The highest BCUT2D eigenvalue weighted by atomic mass is 32.1. The summed E-state index contributed by atoms with van der Waals surface area (Å²) in [7, 11) is 1.67. The van der Waals surface area contributed by atoms with Crippen molar-refractivity contribution in [3.8, 4) is 16.2 Å². The standard InChI is InChI=1S/C22H25NO4S/c1-14-4-3-9-23(12-14)20(24)13-27-22(25)19-11-16-6-5-15-10-17(26-2)7-8-18(15)21(16)28-19/h7-8,10-11,14H,3-6,9,12-13H2,1-2H3/t14-/m0/s1. The van der Waals surface area contributed by atoms with Crippen LogP contribution in [-0.4, -0.2) is 43.6 Å². The van der Waals surface area contributed by atoms with Gasteiger partial charge in [-0.2, -0.15) is 0 Å². The third-order valence-electron chi connectivity index (χ3n) is 5.57. The molecule has 5 nitrogen and oxygen atoms in total. The van der Waals surface area contributed by atoms with E-state index >= 15 is 0 Å². The molecular weight excluding hydrogens is 374 g/mol. The molecule has 0 saturated carbocycles. The number of amides is 1. The lowest BCUT2D eigenvalue weighted by Gasteiger charge is -2.30. The van der Waals surface area contributed by atoms with E-state index in [2.05, 4.69) is 19.1 Å². The lowest BCUT2D eigenvalue weighted by Crippen LogP contribution is -2.41. The molecule has 1 aliphatic heterocycles. The van der Waals surface area contributed by atoms with Gasteiger partial charge in [-0.3, -0.25) is 4.79 Å². The number of carbonyl (C=O) groups is 2. The molecule has 1 aromatic heterocycles. The van der Waals surface area contributed by atoms with Crippen LogP contribution in [0.1, 0.15) is 40.6 Å². The number of methoxy groups -OCH3 is 1. The molecule has 0 spiro atoms. The van der Waals surface area contributed by atoms with Crippen LogP contribution in [0.25, 0.3) is 10.4 Å². The van der Waals surface area contributed by atoms with Crippen LogP contribution in [0.3, 0.4) is 0 Å². The summed E-state index contributed by atoms with van der Waals surface area (Å²) in [5.74, 6) is 0.853. The van der Waals surface area contributed by atoms with Gasteiger partial charge >= 0.3 is 5.97 Å². The molecule has 2 heterocycles. The zero-order chi connectivity index (χ0) is 19.7. The Morgan fingerprint density at radius 1 is 1.21 bits per heavy atom. The zero-order valence-electron chi connectivity index (χ0n) is 16.3. The highest BCUT2D eigenvalue weighted by Gasteiger charge is 2.25. The minimum absolute atomic E-state index is 0.0985. The number of fused-ring (bicyclic) bond motifs is 3. The van der Waals surface area contributed by atoms with Crippen molar-refractivity contribution in [2.45, 2.75) is 32.6 Å². The second-order valence-electron chi connectivity index (χ2n) is 7.65. The number of benzene rings is 1. The molecule has 4 rings (SSSR count). The average Bonchev–Trinajstić information content (AvgIpc) is 3.16. The number of hydrogen-bond donors (Lipinski definition) is 0. The van der Waals surface area contributed by atoms with E-state index in [-0.39, 0.29) is 12.5 Å². The van der Waals surface area contributed by atoms with Crippen LogP contribution in [0.15, 0.2) is 24.3 Å². The number of likely N-dealkylation sites (tertiary alicyclic amines) is 1. The minimum Gasteiger partial charge on any atom is -0.497 e. The van der Waals surface area contributed by atoms with Crippen molar-refractivity contribution < 1.29 is 19.1 Å². The number of esters is 1. The number of hydrogen-bond acceptors (Lipinski definition) is 5. The fourth-order valence-electron chi connectivity index (χ4n) is 4.04. The van der Waals surface area contributed by atoms with Gasteiger partial charge in [0.15, 0.2) is 6.61 Å². The van der Waals surface area contributed by atoms with Crippen LogP contribution >= 0.6 is 11.3 Å². The quantitative estimate of drug-likeness (QED) is 0.731. The molecule has 0 unspecified atom stereocenters. The highest BCUT2D eigenvalue weighted by molar-refractivity contribution is 7.17. The highest BCUT2D eigenvalue weighted by Crippen LogP contribution is 2.41. The van der Waals surface area contributed by atoms with E-state index in [0.29, 0.717) is 10.8 Å². The van der Waals surface area contributed by atoms with E-state index in [1.807, 2.05) is 17.0 Å². The molecule has 1 aromatic carbocycles. The molecule has 6 heteroatoms. The van der Waals surface area contributed by atoms with Crippen molar-refractivity contribution in [1.82, 2.24) is 4.90 Å². The average molecular weight is 400 g/mol. The molecule has 2 aromatic rings. The fraction of sp³-hybridized carbons (Fsp3) is 0.455. The van der Waals surface area contributed by atoms with Crippen molar-refractivity contribution in [3.05, 3.63) is 40.3 Å². The van der Waals surface area contributed by atoms with Gasteiger partial charge in [0.1, 0.15) is 10.6 Å². The lowest BCUT2D eigenvalue weighted by atomic mass is 9.91. The maximum atomic E-state index is 12.5. The number of carbonyl (C=O) groups excluding carboxylic acids is 2. The summed E-state index contributed by atoms with van der Waals surface area (Å²) >= 11 is 1.45. The summed E-state index contributed by atoms with van der Waals surface area (Å²) in [4.78, 5) is 28.4. The molecule has 0 N–H and O–H groups in total. The second-order valence-corrected chi connectivity index (χ2v) is 8.70. The molecule has 0 radical (unpaired) electrons. The predicted molar refractivity (Wildman–Crippen MR) is 109 cm³/mol. The Morgan fingerprint density at radius 2 is 2.04 bits per heavy atom. The first kappa shape index (κ1) is 19.0. The Bertz CT molecular complexity index is 904. The number of piperidine rings is 1. The monoisotopic (exact) mass is 399 g/mol. The molecule has 1 atom stereocenters. The summed E-state index contributed by atoms with van der Waals surface area (Å²) in [5.41, 5.74) is 3.57. The van der Waals surface area contributed by atoms with E-state index in [9.17, 15) is 9.59 Å². The van der Waals surface area contributed by atoms with Crippen LogP contribution in [0, 0.1) is 5.92 Å². The zero-order valence-corrected chi connectivity index (χ0v) is 17.1. The van der Waals surface area contributed by atoms with Gasteiger partial charge in [-0.25, -0.2) is 4.79 Å². The van der Waals surface area contributed by atoms with Crippen LogP contribution in [0.4, 0.5) is 0 Å². The number of aryl methyl sites for hydroxylation is 2. The van der Waals surface area contributed by atoms with Crippen molar-refractivity contribution in [1.29, 1.82) is 0 Å². The van der Waals surface area contributed by atoms with Gasteiger partial charge in [0.2, 0.25) is 0 Å². The largest absolute Gasteiger partial charge is 0.497 e. The van der Waals surface area contributed by atoms with E-state index in [0.717, 1.165) is 55.0 Å². The molecule has 1 saturated heterocycles. The maximum absolute atomic E-state index is 12.5. The Kier molecular flexibility index (Phi) is 5.40. The van der Waals surface area contributed by atoms with Crippen LogP contribution in [0.5, 0.6) is 5.75 Å². The van der Waals surface area contributed by atoms with Gasteiger partial charge in [0, 0.05) is 18.0 Å². The van der Waals surface area contributed by atoms with Crippen molar-refractivity contribution in [2.24, 2.45) is 5.92 Å². The normalized spacial score (nSPS) is 18.2. The van der Waals surface area contributed by atoms with E-state index < -0.39 is 5.97 Å². The number of rotatable bonds is 4.